The molecule has 0 aliphatic heterocycles. The topological polar surface area (TPSA) is 88.5 Å². The lowest BCUT2D eigenvalue weighted by atomic mass is 10.2. The molecule has 0 atom stereocenters. The first-order chi connectivity index (χ1) is 11.1. The van der Waals surface area contributed by atoms with Crippen LogP contribution in [0.5, 0.6) is 0 Å². The average Bonchev–Trinajstić information content (AvgIpc) is 2.95. The van der Waals surface area contributed by atoms with Crippen molar-refractivity contribution < 1.29 is 19.4 Å². The third-order valence-electron chi connectivity index (χ3n) is 3.08. The third-order valence-corrected chi connectivity index (χ3v) is 4.11. The molecule has 23 heavy (non-hydrogen) atoms. The summed E-state index contributed by atoms with van der Waals surface area (Å²) in [6.07, 6.45) is 1.82. The summed E-state index contributed by atoms with van der Waals surface area (Å²) in [5.74, 6) is -1.09. The van der Waals surface area contributed by atoms with Crippen LogP contribution >= 0.6 is 11.3 Å². The second kappa shape index (κ2) is 8.28. The van der Waals surface area contributed by atoms with Gasteiger partial charge in [-0.3, -0.25) is 5.32 Å². The van der Waals surface area contributed by atoms with Crippen molar-refractivity contribution in [3.63, 3.8) is 0 Å². The first kappa shape index (κ1) is 17.0. The van der Waals surface area contributed by atoms with Gasteiger partial charge >= 0.3 is 12.1 Å². The van der Waals surface area contributed by atoms with E-state index in [9.17, 15) is 9.59 Å². The lowest BCUT2D eigenvalue weighted by Crippen LogP contribution is -2.13. The molecule has 7 heteroatoms. The lowest BCUT2D eigenvalue weighted by Gasteiger charge is -2.04. The number of hydrogen-bond donors (Lipinski definition) is 2. The highest BCUT2D eigenvalue weighted by Crippen LogP contribution is 2.25. The van der Waals surface area contributed by atoms with E-state index in [-0.39, 0.29) is 17.4 Å². The molecule has 2 aromatic rings. The Morgan fingerprint density at radius 2 is 2.04 bits per heavy atom. The van der Waals surface area contributed by atoms with Crippen molar-refractivity contribution in [2.45, 2.75) is 32.8 Å². The number of aromatic carboxylic acids is 1. The molecule has 2 rings (SSSR count). The van der Waals surface area contributed by atoms with Crippen LogP contribution in [0, 0.1) is 0 Å². The normalized spacial score (nSPS) is 10.3. The van der Waals surface area contributed by atoms with Gasteiger partial charge in [0.2, 0.25) is 0 Å². The van der Waals surface area contributed by atoms with Gasteiger partial charge in [-0.2, -0.15) is 0 Å². The summed E-state index contributed by atoms with van der Waals surface area (Å²) >= 11 is 1.17. The van der Waals surface area contributed by atoms with E-state index in [1.54, 1.807) is 0 Å². The Kier molecular flexibility index (Phi) is 6.10. The largest absolute Gasteiger partial charge is 0.476 e. The predicted molar refractivity (Wildman–Crippen MR) is 87.9 cm³/mol. The maximum atomic E-state index is 11.8. The number of unbranched alkanes of at least 4 members (excludes halogenated alkanes) is 1. The van der Waals surface area contributed by atoms with Gasteiger partial charge in [0.15, 0.2) is 10.8 Å². The lowest BCUT2D eigenvalue weighted by molar-refractivity contribution is 0.0690. The van der Waals surface area contributed by atoms with Crippen molar-refractivity contribution in [2.75, 3.05) is 5.32 Å². The maximum Gasteiger partial charge on any atom is 0.413 e. The summed E-state index contributed by atoms with van der Waals surface area (Å²) in [6.45, 7) is 2.17. The van der Waals surface area contributed by atoms with Crippen molar-refractivity contribution in [1.82, 2.24) is 4.98 Å². The van der Waals surface area contributed by atoms with E-state index in [0.717, 1.165) is 18.4 Å². The fourth-order valence-electron chi connectivity index (χ4n) is 1.93. The van der Waals surface area contributed by atoms with Crippen LogP contribution in [0.2, 0.25) is 0 Å². The molecule has 1 heterocycles. The Labute approximate surface area is 138 Å². The Hall–Kier alpha value is -2.41. The summed E-state index contributed by atoms with van der Waals surface area (Å²) in [5.41, 5.74) is 0.874. The summed E-state index contributed by atoms with van der Waals surface area (Å²) in [7, 11) is 0. The van der Waals surface area contributed by atoms with E-state index in [4.69, 9.17) is 9.84 Å². The molecule has 0 saturated heterocycles. The van der Waals surface area contributed by atoms with Crippen LogP contribution in [0.25, 0.3) is 0 Å². The number of nitrogens with zero attached hydrogens (tertiary/aromatic N) is 1. The van der Waals surface area contributed by atoms with Gasteiger partial charge in [-0.15, -0.1) is 11.3 Å². The SMILES string of the molecule is CCCCc1sc(NC(=O)OCc2ccccc2)nc1C(=O)O. The standard InChI is InChI=1S/C16H18N2O4S/c1-2-3-9-12-13(14(19)20)17-15(23-12)18-16(21)22-10-11-7-5-4-6-8-11/h4-8H,2-3,9-10H2,1H3,(H,19,20)(H,17,18,21). The van der Waals surface area contributed by atoms with E-state index >= 15 is 0 Å². The number of amides is 1. The molecule has 0 aliphatic rings. The van der Waals surface area contributed by atoms with E-state index in [2.05, 4.69) is 10.3 Å². The molecule has 122 valence electrons. The number of hydrogen-bond acceptors (Lipinski definition) is 5. The van der Waals surface area contributed by atoms with Crippen LogP contribution in [0.4, 0.5) is 9.93 Å². The zero-order valence-electron chi connectivity index (χ0n) is 12.7. The quantitative estimate of drug-likeness (QED) is 0.801. The van der Waals surface area contributed by atoms with Gasteiger partial charge in [0.25, 0.3) is 0 Å². The van der Waals surface area contributed by atoms with Gasteiger partial charge in [-0.05, 0) is 18.4 Å². The molecule has 1 aromatic heterocycles. The first-order valence-electron chi connectivity index (χ1n) is 7.31. The Balaban J connectivity index is 1.96. The van der Waals surface area contributed by atoms with Crippen LogP contribution in [-0.4, -0.2) is 22.2 Å². The van der Waals surface area contributed by atoms with Crippen molar-refractivity contribution in [1.29, 1.82) is 0 Å². The highest BCUT2D eigenvalue weighted by Gasteiger charge is 2.18. The number of ether oxygens (including phenoxy) is 1. The fraction of sp³-hybridized carbons (Fsp3) is 0.312. The van der Waals surface area contributed by atoms with E-state index in [1.807, 2.05) is 37.3 Å². The van der Waals surface area contributed by atoms with Crippen LogP contribution < -0.4 is 5.32 Å². The third kappa shape index (κ3) is 5.07. The monoisotopic (exact) mass is 334 g/mol. The number of thiazole rings is 1. The number of carbonyl (C=O) groups excluding carboxylic acids is 1. The van der Waals surface area contributed by atoms with Gasteiger partial charge in [0.1, 0.15) is 6.61 Å². The second-order valence-electron chi connectivity index (χ2n) is 4.89. The Morgan fingerprint density at radius 1 is 1.30 bits per heavy atom. The maximum absolute atomic E-state index is 11.8. The van der Waals surface area contributed by atoms with Gasteiger partial charge in [-0.1, -0.05) is 43.7 Å². The molecular formula is C16H18N2O4S. The van der Waals surface area contributed by atoms with Gasteiger partial charge < -0.3 is 9.84 Å². The minimum Gasteiger partial charge on any atom is -0.476 e. The first-order valence-corrected chi connectivity index (χ1v) is 8.12. The second-order valence-corrected chi connectivity index (χ2v) is 5.97. The number of benzene rings is 1. The van der Waals surface area contributed by atoms with Crippen molar-refractivity contribution >= 4 is 28.5 Å². The zero-order valence-corrected chi connectivity index (χ0v) is 13.6. The fourth-order valence-corrected chi connectivity index (χ4v) is 2.91. The number of rotatable bonds is 7. The van der Waals surface area contributed by atoms with E-state index in [0.29, 0.717) is 11.3 Å². The van der Waals surface area contributed by atoms with E-state index in [1.165, 1.54) is 11.3 Å². The molecule has 0 radical (unpaired) electrons. The summed E-state index contributed by atoms with van der Waals surface area (Å²) < 4.78 is 5.09. The minimum atomic E-state index is -1.09. The highest BCUT2D eigenvalue weighted by molar-refractivity contribution is 7.16. The summed E-state index contributed by atoms with van der Waals surface area (Å²) in [5, 5.41) is 11.9. The van der Waals surface area contributed by atoms with Crippen LogP contribution in [0.3, 0.4) is 0 Å². The summed E-state index contributed by atoms with van der Waals surface area (Å²) in [6, 6.07) is 9.29. The average molecular weight is 334 g/mol. The van der Waals surface area contributed by atoms with Crippen LogP contribution in [0.1, 0.15) is 40.7 Å². The molecule has 0 aliphatic carbocycles. The molecule has 6 nitrogen and oxygen atoms in total. The number of carboxylic acid groups (broad SMARTS) is 1. The highest BCUT2D eigenvalue weighted by atomic mass is 32.1. The Morgan fingerprint density at radius 3 is 2.70 bits per heavy atom. The van der Waals surface area contributed by atoms with Gasteiger partial charge in [0.05, 0.1) is 0 Å². The number of carboxylic acids is 1. The zero-order chi connectivity index (χ0) is 16.7. The van der Waals surface area contributed by atoms with Crippen LogP contribution in [-0.2, 0) is 17.8 Å². The molecule has 0 unspecified atom stereocenters. The smallest absolute Gasteiger partial charge is 0.413 e. The molecule has 2 N–H and O–H groups in total. The molecule has 1 aromatic carbocycles. The number of anilines is 1. The van der Waals surface area contributed by atoms with Crippen molar-refractivity contribution in [2.24, 2.45) is 0 Å². The van der Waals surface area contributed by atoms with Crippen molar-refractivity contribution in [3.8, 4) is 0 Å². The molecule has 1 amide bonds. The molecule has 0 spiro atoms. The van der Waals surface area contributed by atoms with Gasteiger partial charge in [-0.25, -0.2) is 14.6 Å². The van der Waals surface area contributed by atoms with Gasteiger partial charge in [0, 0.05) is 4.88 Å². The molecule has 0 fully saturated rings. The summed E-state index contributed by atoms with van der Waals surface area (Å²) in [4.78, 5) is 27.6. The Bertz CT molecular complexity index is 670. The van der Waals surface area contributed by atoms with Crippen LogP contribution in [0.15, 0.2) is 30.3 Å². The molecule has 0 saturated carbocycles. The predicted octanol–water partition coefficient (Wildman–Crippen LogP) is 3.93. The van der Waals surface area contributed by atoms with Crippen molar-refractivity contribution in [3.05, 3.63) is 46.5 Å². The molecular weight excluding hydrogens is 316 g/mol. The number of aromatic nitrogens is 1. The minimum absolute atomic E-state index is 0.00168. The molecule has 0 bridgehead atoms. The number of aryl methyl sites for hydroxylation is 1. The van der Waals surface area contributed by atoms with E-state index < -0.39 is 12.1 Å². The number of carbonyl (C=O) groups is 2. The number of nitrogens with one attached hydrogen (secondary N) is 1.